The quantitative estimate of drug-likeness (QED) is 0.618. The van der Waals surface area contributed by atoms with Crippen LogP contribution < -0.4 is 5.32 Å². The Morgan fingerprint density at radius 3 is 2.27 bits per heavy atom. The number of carbonyl (C=O) groups is 1. The van der Waals surface area contributed by atoms with Crippen molar-refractivity contribution in [1.82, 2.24) is 5.32 Å². The van der Waals surface area contributed by atoms with E-state index in [4.69, 9.17) is 0 Å². The van der Waals surface area contributed by atoms with E-state index in [0.717, 1.165) is 17.7 Å². The van der Waals surface area contributed by atoms with Gasteiger partial charge in [0.1, 0.15) is 0 Å². The van der Waals surface area contributed by atoms with Gasteiger partial charge in [0.05, 0.1) is 6.42 Å². The summed E-state index contributed by atoms with van der Waals surface area (Å²) in [6.07, 6.45) is 1.49. The molecule has 0 aliphatic heterocycles. The number of benzene rings is 2. The van der Waals surface area contributed by atoms with Crippen LogP contribution in [0.15, 0.2) is 53.4 Å². The molecule has 22 heavy (non-hydrogen) atoms. The lowest BCUT2D eigenvalue weighted by Crippen LogP contribution is -2.27. The SMILES string of the molecule is CCc1ccc(CC(=O)NCCSc2ccc(C)cc2)cc1. The van der Waals surface area contributed by atoms with E-state index in [2.05, 4.69) is 55.6 Å². The highest BCUT2D eigenvalue weighted by molar-refractivity contribution is 7.99. The lowest BCUT2D eigenvalue weighted by molar-refractivity contribution is -0.120. The highest BCUT2D eigenvalue weighted by Crippen LogP contribution is 2.17. The van der Waals surface area contributed by atoms with E-state index in [9.17, 15) is 4.79 Å². The predicted octanol–water partition coefficient (Wildman–Crippen LogP) is 4.01. The van der Waals surface area contributed by atoms with Crippen LogP contribution in [0.3, 0.4) is 0 Å². The van der Waals surface area contributed by atoms with E-state index in [1.54, 1.807) is 11.8 Å². The van der Waals surface area contributed by atoms with E-state index < -0.39 is 0 Å². The van der Waals surface area contributed by atoms with Gasteiger partial charge in [-0.3, -0.25) is 4.79 Å². The number of aryl methyl sites for hydroxylation is 2. The fraction of sp³-hybridized carbons (Fsp3) is 0.316. The van der Waals surface area contributed by atoms with Gasteiger partial charge >= 0.3 is 0 Å². The van der Waals surface area contributed by atoms with Crippen LogP contribution in [0.2, 0.25) is 0 Å². The maximum atomic E-state index is 11.9. The highest BCUT2D eigenvalue weighted by atomic mass is 32.2. The van der Waals surface area contributed by atoms with E-state index in [-0.39, 0.29) is 5.91 Å². The number of carbonyl (C=O) groups excluding carboxylic acids is 1. The van der Waals surface area contributed by atoms with E-state index in [1.165, 1.54) is 16.0 Å². The van der Waals surface area contributed by atoms with Crippen LogP contribution in [0.25, 0.3) is 0 Å². The minimum Gasteiger partial charge on any atom is -0.355 e. The van der Waals surface area contributed by atoms with Gasteiger partial charge in [0, 0.05) is 17.2 Å². The van der Waals surface area contributed by atoms with Crippen LogP contribution in [0.1, 0.15) is 23.6 Å². The second-order valence-corrected chi connectivity index (χ2v) is 6.53. The molecule has 2 aromatic carbocycles. The third kappa shape index (κ3) is 5.57. The van der Waals surface area contributed by atoms with Crippen molar-refractivity contribution in [2.24, 2.45) is 0 Å². The smallest absolute Gasteiger partial charge is 0.224 e. The molecule has 116 valence electrons. The molecular weight excluding hydrogens is 290 g/mol. The van der Waals surface area contributed by atoms with Crippen molar-refractivity contribution in [3.63, 3.8) is 0 Å². The van der Waals surface area contributed by atoms with E-state index in [0.29, 0.717) is 13.0 Å². The first-order valence-electron chi connectivity index (χ1n) is 7.71. The molecule has 2 aromatic rings. The standard InChI is InChI=1S/C19H23NOS/c1-3-16-6-8-17(9-7-16)14-19(21)20-12-13-22-18-10-4-15(2)5-11-18/h4-11H,3,12-14H2,1-2H3,(H,20,21). The van der Waals surface area contributed by atoms with Crippen molar-refractivity contribution >= 4 is 17.7 Å². The number of hydrogen-bond donors (Lipinski definition) is 1. The average molecular weight is 313 g/mol. The van der Waals surface area contributed by atoms with Crippen LogP contribution in [0.5, 0.6) is 0 Å². The Morgan fingerprint density at radius 2 is 1.64 bits per heavy atom. The van der Waals surface area contributed by atoms with Crippen molar-refractivity contribution in [2.75, 3.05) is 12.3 Å². The lowest BCUT2D eigenvalue weighted by atomic mass is 10.1. The van der Waals surface area contributed by atoms with Crippen molar-refractivity contribution in [1.29, 1.82) is 0 Å². The number of thioether (sulfide) groups is 1. The van der Waals surface area contributed by atoms with Crippen molar-refractivity contribution < 1.29 is 4.79 Å². The van der Waals surface area contributed by atoms with Gasteiger partial charge in [0.2, 0.25) is 5.91 Å². The molecule has 0 aromatic heterocycles. The Balaban J connectivity index is 1.67. The molecule has 2 rings (SSSR count). The maximum Gasteiger partial charge on any atom is 0.224 e. The zero-order chi connectivity index (χ0) is 15.8. The van der Waals surface area contributed by atoms with E-state index in [1.807, 2.05) is 12.1 Å². The van der Waals surface area contributed by atoms with Crippen molar-refractivity contribution in [3.05, 3.63) is 65.2 Å². The molecule has 0 saturated heterocycles. The number of nitrogens with one attached hydrogen (secondary N) is 1. The third-order valence-corrected chi connectivity index (χ3v) is 4.52. The molecule has 0 unspecified atom stereocenters. The molecule has 0 aliphatic carbocycles. The average Bonchev–Trinajstić information content (AvgIpc) is 2.54. The molecule has 0 fully saturated rings. The second kappa shape index (κ2) is 8.64. The second-order valence-electron chi connectivity index (χ2n) is 5.36. The summed E-state index contributed by atoms with van der Waals surface area (Å²) in [4.78, 5) is 13.1. The summed E-state index contributed by atoms with van der Waals surface area (Å²) in [5, 5.41) is 2.98. The summed E-state index contributed by atoms with van der Waals surface area (Å²) in [7, 11) is 0. The number of rotatable bonds is 7. The molecular formula is C19H23NOS. The van der Waals surface area contributed by atoms with Gasteiger partial charge in [-0.05, 0) is 36.6 Å². The van der Waals surface area contributed by atoms with Crippen LogP contribution >= 0.6 is 11.8 Å². The fourth-order valence-corrected chi connectivity index (χ4v) is 2.90. The zero-order valence-electron chi connectivity index (χ0n) is 13.3. The largest absolute Gasteiger partial charge is 0.355 e. The van der Waals surface area contributed by atoms with Gasteiger partial charge in [-0.15, -0.1) is 11.8 Å². The molecule has 0 radical (unpaired) electrons. The summed E-state index contributed by atoms with van der Waals surface area (Å²) in [5.41, 5.74) is 3.64. The summed E-state index contributed by atoms with van der Waals surface area (Å²) in [5.74, 6) is 0.984. The summed E-state index contributed by atoms with van der Waals surface area (Å²) in [6.45, 7) is 4.92. The van der Waals surface area contributed by atoms with Crippen LogP contribution in [-0.4, -0.2) is 18.2 Å². The number of hydrogen-bond acceptors (Lipinski definition) is 2. The topological polar surface area (TPSA) is 29.1 Å². The summed E-state index contributed by atoms with van der Waals surface area (Å²) < 4.78 is 0. The fourth-order valence-electron chi connectivity index (χ4n) is 2.13. The first kappa shape index (κ1) is 16.6. The monoisotopic (exact) mass is 313 g/mol. The Kier molecular flexibility index (Phi) is 6.53. The van der Waals surface area contributed by atoms with Crippen molar-refractivity contribution in [2.45, 2.75) is 31.6 Å². The van der Waals surface area contributed by atoms with Gasteiger partial charge in [0.25, 0.3) is 0 Å². The molecule has 3 heteroatoms. The van der Waals surface area contributed by atoms with Gasteiger partial charge < -0.3 is 5.32 Å². The molecule has 0 saturated carbocycles. The molecule has 0 aliphatic rings. The Hall–Kier alpha value is -1.74. The Bertz CT molecular complexity index is 590. The molecule has 1 N–H and O–H groups in total. The first-order valence-corrected chi connectivity index (χ1v) is 8.70. The molecule has 0 heterocycles. The minimum atomic E-state index is 0.0914. The normalized spacial score (nSPS) is 10.5. The van der Waals surface area contributed by atoms with Gasteiger partial charge in [-0.1, -0.05) is 48.9 Å². The molecule has 2 nitrogen and oxygen atoms in total. The zero-order valence-corrected chi connectivity index (χ0v) is 14.1. The Labute approximate surface area is 137 Å². The highest BCUT2D eigenvalue weighted by Gasteiger charge is 2.03. The van der Waals surface area contributed by atoms with Crippen LogP contribution in [-0.2, 0) is 17.6 Å². The van der Waals surface area contributed by atoms with Gasteiger partial charge in [-0.25, -0.2) is 0 Å². The maximum absolute atomic E-state index is 11.9. The lowest BCUT2D eigenvalue weighted by Gasteiger charge is -2.06. The predicted molar refractivity (Wildman–Crippen MR) is 94.4 cm³/mol. The summed E-state index contributed by atoms with van der Waals surface area (Å²) in [6, 6.07) is 16.7. The Morgan fingerprint density at radius 1 is 1.00 bits per heavy atom. The molecule has 0 atom stereocenters. The third-order valence-electron chi connectivity index (χ3n) is 3.51. The molecule has 0 spiro atoms. The minimum absolute atomic E-state index is 0.0914. The molecule has 0 bridgehead atoms. The summed E-state index contributed by atoms with van der Waals surface area (Å²) >= 11 is 1.77. The molecule has 1 amide bonds. The van der Waals surface area contributed by atoms with Crippen molar-refractivity contribution in [3.8, 4) is 0 Å². The number of amides is 1. The van der Waals surface area contributed by atoms with Crippen LogP contribution in [0.4, 0.5) is 0 Å². The van der Waals surface area contributed by atoms with Gasteiger partial charge in [0.15, 0.2) is 0 Å². The van der Waals surface area contributed by atoms with E-state index >= 15 is 0 Å². The van der Waals surface area contributed by atoms with Gasteiger partial charge in [-0.2, -0.15) is 0 Å². The van der Waals surface area contributed by atoms with Crippen LogP contribution in [0, 0.1) is 6.92 Å². The first-order chi connectivity index (χ1) is 10.7.